The lowest BCUT2D eigenvalue weighted by atomic mass is 9.91. The second-order valence-corrected chi connectivity index (χ2v) is 9.60. The molecule has 0 aliphatic carbocycles. The van der Waals surface area contributed by atoms with Gasteiger partial charge in [-0.1, -0.05) is 64.5 Å². The van der Waals surface area contributed by atoms with Gasteiger partial charge in [0.2, 0.25) is 5.91 Å². The molecule has 37 heavy (non-hydrogen) atoms. The minimum absolute atomic E-state index is 0.0855. The van der Waals surface area contributed by atoms with Crippen molar-refractivity contribution in [3.8, 4) is 11.1 Å². The van der Waals surface area contributed by atoms with Crippen LogP contribution in [0, 0.1) is 5.82 Å². The molecule has 0 fully saturated rings. The number of H-pyrrole nitrogens is 1. The highest BCUT2D eigenvalue weighted by Gasteiger charge is 2.36. The molecule has 1 aliphatic heterocycles. The molecule has 1 aliphatic rings. The predicted octanol–water partition coefficient (Wildman–Crippen LogP) is 5.64. The standard InChI is InChI=1S/C28H21BrFN3O4/c29-17-10-11-21-19(14-17)26(16-6-2-1-3-7-16)27(28(37)31-21)22-15-23(18-8-4-5-9-20(18)30)33(32-22)24(34)12-13-25(35)36/h1-11,14,23H,12-13,15H2,(H,31,37)(H,35,36)/t23-/m0/s1. The van der Waals surface area contributed by atoms with Gasteiger partial charge in [-0.2, -0.15) is 5.10 Å². The van der Waals surface area contributed by atoms with E-state index in [0.717, 1.165) is 20.4 Å². The number of rotatable bonds is 6. The second kappa shape index (κ2) is 10.1. The van der Waals surface area contributed by atoms with Gasteiger partial charge in [-0.3, -0.25) is 14.4 Å². The minimum Gasteiger partial charge on any atom is -0.481 e. The van der Waals surface area contributed by atoms with E-state index in [0.29, 0.717) is 16.8 Å². The summed E-state index contributed by atoms with van der Waals surface area (Å²) in [6.07, 6.45) is -0.601. The van der Waals surface area contributed by atoms with E-state index in [-0.39, 0.29) is 35.9 Å². The van der Waals surface area contributed by atoms with Crippen LogP contribution in [-0.4, -0.2) is 32.7 Å². The first kappa shape index (κ1) is 24.6. The summed E-state index contributed by atoms with van der Waals surface area (Å²) in [5.41, 5.74) is 2.52. The number of carboxylic acid groups (broad SMARTS) is 1. The van der Waals surface area contributed by atoms with Gasteiger partial charge in [-0.05, 0) is 29.8 Å². The van der Waals surface area contributed by atoms with Crippen LogP contribution in [0.15, 0.2) is 87.2 Å². The molecule has 186 valence electrons. The summed E-state index contributed by atoms with van der Waals surface area (Å²) in [4.78, 5) is 40.6. The molecule has 0 saturated carbocycles. The molecular weight excluding hydrogens is 541 g/mol. The highest BCUT2D eigenvalue weighted by molar-refractivity contribution is 9.10. The van der Waals surface area contributed by atoms with Crippen molar-refractivity contribution in [1.82, 2.24) is 9.99 Å². The third-order valence-corrected chi connectivity index (χ3v) is 6.80. The van der Waals surface area contributed by atoms with Crippen LogP contribution in [0.3, 0.4) is 0 Å². The quantitative estimate of drug-likeness (QED) is 0.318. The van der Waals surface area contributed by atoms with Crippen LogP contribution >= 0.6 is 15.9 Å². The molecule has 0 spiro atoms. The lowest BCUT2D eigenvalue weighted by Crippen LogP contribution is -2.28. The monoisotopic (exact) mass is 561 g/mol. The summed E-state index contributed by atoms with van der Waals surface area (Å²) in [5, 5.41) is 15.5. The van der Waals surface area contributed by atoms with Crippen LogP contribution in [0.4, 0.5) is 4.39 Å². The van der Waals surface area contributed by atoms with Gasteiger partial charge in [0.05, 0.1) is 23.7 Å². The van der Waals surface area contributed by atoms with Gasteiger partial charge in [0.1, 0.15) is 5.82 Å². The summed E-state index contributed by atoms with van der Waals surface area (Å²) >= 11 is 3.51. The third kappa shape index (κ3) is 4.82. The number of carbonyl (C=O) groups excluding carboxylic acids is 1. The first-order valence-electron chi connectivity index (χ1n) is 11.6. The van der Waals surface area contributed by atoms with E-state index in [1.54, 1.807) is 24.3 Å². The molecule has 1 amide bonds. The average molecular weight is 562 g/mol. The van der Waals surface area contributed by atoms with Crippen molar-refractivity contribution in [2.75, 3.05) is 0 Å². The van der Waals surface area contributed by atoms with Crippen molar-refractivity contribution >= 4 is 44.4 Å². The molecule has 2 heterocycles. The van der Waals surface area contributed by atoms with Crippen molar-refractivity contribution in [2.45, 2.75) is 25.3 Å². The normalized spacial score (nSPS) is 15.1. The smallest absolute Gasteiger partial charge is 0.303 e. The fourth-order valence-electron chi connectivity index (χ4n) is 4.65. The first-order chi connectivity index (χ1) is 17.8. The molecule has 3 aromatic carbocycles. The van der Waals surface area contributed by atoms with Crippen molar-refractivity contribution in [2.24, 2.45) is 5.10 Å². The number of hydrogen-bond donors (Lipinski definition) is 2. The fraction of sp³-hybridized carbons (Fsp3) is 0.143. The zero-order valence-electron chi connectivity index (χ0n) is 19.4. The van der Waals surface area contributed by atoms with Gasteiger partial charge in [0, 0.05) is 39.3 Å². The number of pyridine rings is 1. The number of aliphatic carboxylic acids is 1. The molecule has 7 nitrogen and oxygen atoms in total. The Hall–Kier alpha value is -4.11. The van der Waals surface area contributed by atoms with Gasteiger partial charge in [0.25, 0.3) is 5.56 Å². The Kier molecular flexibility index (Phi) is 6.71. The van der Waals surface area contributed by atoms with E-state index in [9.17, 15) is 18.8 Å². The van der Waals surface area contributed by atoms with Gasteiger partial charge in [0.15, 0.2) is 0 Å². The lowest BCUT2D eigenvalue weighted by Gasteiger charge is -2.22. The number of carbonyl (C=O) groups is 2. The van der Waals surface area contributed by atoms with Crippen LogP contribution in [0.2, 0.25) is 0 Å². The molecule has 4 aromatic rings. The summed E-state index contributed by atoms with van der Waals surface area (Å²) in [7, 11) is 0. The van der Waals surface area contributed by atoms with Crippen molar-refractivity contribution < 1.29 is 19.1 Å². The van der Waals surface area contributed by atoms with Gasteiger partial charge >= 0.3 is 5.97 Å². The average Bonchev–Trinajstić information content (AvgIpc) is 3.32. The largest absolute Gasteiger partial charge is 0.481 e. The van der Waals surface area contributed by atoms with E-state index in [4.69, 9.17) is 5.11 Å². The Morgan fingerprint density at radius 3 is 2.49 bits per heavy atom. The van der Waals surface area contributed by atoms with Gasteiger partial charge < -0.3 is 10.1 Å². The van der Waals surface area contributed by atoms with E-state index in [1.165, 1.54) is 6.07 Å². The number of nitrogens with one attached hydrogen (secondary N) is 1. The number of aromatic amines is 1. The van der Waals surface area contributed by atoms with E-state index in [2.05, 4.69) is 26.0 Å². The third-order valence-electron chi connectivity index (χ3n) is 6.31. The molecule has 0 radical (unpaired) electrons. The lowest BCUT2D eigenvalue weighted by molar-refractivity contribution is -0.141. The van der Waals surface area contributed by atoms with Gasteiger partial charge in [-0.25, -0.2) is 9.40 Å². The molecular formula is C28H21BrFN3O4. The molecule has 1 aromatic heterocycles. The molecule has 0 unspecified atom stereocenters. The second-order valence-electron chi connectivity index (χ2n) is 8.68. The highest BCUT2D eigenvalue weighted by atomic mass is 79.9. The molecule has 9 heteroatoms. The summed E-state index contributed by atoms with van der Waals surface area (Å²) in [6, 6.07) is 20.2. The van der Waals surface area contributed by atoms with Crippen LogP contribution in [0.5, 0.6) is 0 Å². The number of carboxylic acids is 1. The van der Waals surface area contributed by atoms with Crippen molar-refractivity contribution in [3.63, 3.8) is 0 Å². The maximum atomic E-state index is 14.8. The predicted molar refractivity (Wildman–Crippen MR) is 142 cm³/mol. The Labute approximate surface area is 219 Å². The fourth-order valence-corrected chi connectivity index (χ4v) is 5.01. The minimum atomic E-state index is -1.12. The van der Waals surface area contributed by atoms with Gasteiger partial charge in [-0.15, -0.1) is 0 Å². The Morgan fingerprint density at radius 1 is 1.03 bits per heavy atom. The zero-order valence-corrected chi connectivity index (χ0v) is 21.0. The number of hydrogen-bond acceptors (Lipinski definition) is 4. The van der Waals surface area contributed by atoms with Crippen LogP contribution < -0.4 is 5.56 Å². The van der Waals surface area contributed by atoms with Crippen molar-refractivity contribution in [1.29, 1.82) is 0 Å². The molecule has 5 rings (SSSR count). The number of fused-ring (bicyclic) bond motifs is 1. The Bertz CT molecular complexity index is 1620. The van der Waals surface area contributed by atoms with E-state index in [1.807, 2.05) is 42.5 Å². The summed E-state index contributed by atoms with van der Waals surface area (Å²) < 4.78 is 15.7. The summed E-state index contributed by atoms with van der Waals surface area (Å²) in [6.45, 7) is 0. The maximum Gasteiger partial charge on any atom is 0.303 e. The molecule has 0 saturated heterocycles. The summed E-state index contributed by atoms with van der Waals surface area (Å²) in [5.74, 6) is -2.20. The Balaban J connectivity index is 1.71. The Morgan fingerprint density at radius 2 is 1.76 bits per heavy atom. The number of nitrogens with zero attached hydrogens (tertiary/aromatic N) is 2. The van der Waals surface area contributed by atoms with Crippen LogP contribution in [0.25, 0.3) is 22.0 Å². The number of benzene rings is 3. The number of aromatic nitrogens is 1. The molecule has 1 atom stereocenters. The van der Waals surface area contributed by atoms with Crippen LogP contribution in [-0.2, 0) is 9.59 Å². The number of hydrazone groups is 1. The maximum absolute atomic E-state index is 14.8. The first-order valence-corrected chi connectivity index (χ1v) is 12.4. The number of amides is 1. The molecule has 2 N–H and O–H groups in total. The van der Waals surface area contributed by atoms with E-state index >= 15 is 0 Å². The van der Waals surface area contributed by atoms with Crippen LogP contribution in [0.1, 0.15) is 36.4 Å². The number of halogens is 2. The zero-order chi connectivity index (χ0) is 26.1. The van der Waals surface area contributed by atoms with E-state index < -0.39 is 23.7 Å². The topological polar surface area (TPSA) is 103 Å². The highest BCUT2D eigenvalue weighted by Crippen LogP contribution is 2.38. The SMILES string of the molecule is O=C(O)CCC(=O)N1N=C(c2c(-c3ccccc3)c3cc(Br)ccc3[nH]c2=O)C[C@H]1c1ccccc1F. The van der Waals surface area contributed by atoms with Crippen molar-refractivity contribution in [3.05, 3.63) is 105 Å². The molecule has 0 bridgehead atoms.